The summed E-state index contributed by atoms with van der Waals surface area (Å²) in [7, 11) is 0. The number of hydrazine groups is 1. The zero-order chi connectivity index (χ0) is 19.3. The molecule has 136 valence electrons. The molecule has 0 unspecified atom stereocenters. The number of ether oxygens (including phenoxy) is 1. The summed E-state index contributed by atoms with van der Waals surface area (Å²) in [5.74, 6) is -0.894. The van der Waals surface area contributed by atoms with E-state index in [4.69, 9.17) is 16.3 Å². The van der Waals surface area contributed by atoms with Crippen molar-refractivity contribution in [3.63, 3.8) is 0 Å². The number of nitro groups is 1. The minimum absolute atomic E-state index is 0.0357. The maximum Gasteiger partial charge on any atom is 0.279 e. The zero-order valence-electron chi connectivity index (χ0n) is 13.4. The van der Waals surface area contributed by atoms with Gasteiger partial charge in [-0.05, 0) is 47.1 Å². The van der Waals surface area contributed by atoms with Crippen molar-refractivity contribution >= 4 is 45.0 Å². The van der Waals surface area contributed by atoms with Crippen LogP contribution in [0.2, 0.25) is 5.02 Å². The fourth-order valence-electron chi connectivity index (χ4n) is 1.87. The van der Waals surface area contributed by atoms with Gasteiger partial charge in [-0.1, -0.05) is 17.7 Å². The van der Waals surface area contributed by atoms with E-state index in [9.17, 15) is 19.7 Å². The molecule has 2 rings (SSSR count). The fourth-order valence-corrected chi connectivity index (χ4v) is 2.64. The van der Waals surface area contributed by atoms with E-state index in [1.54, 1.807) is 18.2 Å². The second-order valence-corrected chi connectivity index (χ2v) is 6.38. The van der Waals surface area contributed by atoms with Crippen molar-refractivity contribution in [3.05, 3.63) is 67.6 Å². The van der Waals surface area contributed by atoms with Crippen LogP contribution in [-0.4, -0.2) is 22.8 Å². The molecule has 0 aromatic heterocycles. The van der Waals surface area contributed by atoms with Crippen LogP contribution in [0, 0.1) is 10.1 Å². The van der Waals surface area contributed by atoms with Crippen molar-refractivity contribution in [2.45, 2.75) is 13.0 Å². The normalized spacial score (nSPS) is 11.3. The summed E-state index contributed by atoms with van der Waals surface area (Å²) in [5.41, 5.74) is 4.19. The highest BCUT2D eigenvalue weighted by molar-refractivity contribution is 9.10. The molecular formula is C16H13BrClN3O5. The van der Waals surface area contributed by atoms with Crippen LogP contribution in [-0.2, 0) is 4.79 Å². The smallest absolute Gasteiger partial charge is 0.279 e. The first-order valence-corrected chi connectivity index (χ1v) is 8.41. The van der Waals surface area contributed by atoms with Gasteiger partial charge in [-0.25, -0.2) is 0 Å². The lowest BCUT2D eigenvalue weighted by atomic mass is 10.2. The maximum absolute atomic E-state index is 12.0. The van der Waals surface area contributed by atoms with Gasteiger partial charge in [0, 0.05) is 22.7 Å². The van der Waals surface area contributed by atoms with E-state index in [1.807, 2.05) is 0 Å². The summed E-state index contributed by atoms with van der Waals surface area (Å²) in [6.07, 6.45) is -0.919. The lowest BCUT2D eigenvalue weighted by Crippen LogP contribution is -2.47. The zero-order valence-corrected chi connectivity index (χ0v) is 15.7. The molecule has 8 nitrogen and oxygen atoms in total. The Kier molecular flexibility index (Phi) is 6.53. The van der Waals surface area contributed by atoms with Crippen molar-refractivity contribution in [1.29, 1.82) is 0 Å². The van der Waals surface area contributed by atoms with E-state index in [0.29, 0.717) is 15.2 Å². The fraction of sp³-hybridized carbons (Fsp3) is 0.125. The van der Waals surface area contributed by atoms with Crippen LogP contribution in [0.15, 0.2) is 46.9 Å². The van der Waals surface area contributed by atoms with Gasteiger partial charge in [0.1, 0.15) is 5.75 Å². The van der Waals surface area contributed by atoms with Crippen LogP contribution >= 0.6 is 27.5 Å². The third-order valence-electron chi connectivity index (χ3n) is 3.19. The van der Waals surface area contributed by atoms with Crippen molar-refractivity contribution in [2.75, 3.05) is 0 Å². The second kappa shape index (κ2) is 8.63. The average molecular weight is 443 g/mol. The molecular weight excluding hydrogens is 430 g/mol. The number of nitro benzene ring substituents is 1. The Morgan fingerprint density at radius 1 is 1.23 bits per heavy atom. The number of nitrogens with one attached hydrogen (secondary N) is 2. The summed E-state index contributed by atoms with van der Waals surface area (Å²) in [6.45, 7) is 1.50. The van der Waals surface area contributed by atoms with Crippen molar-refractivity contribution in [1.82, 2.24) is 10.9 Å². The molecule has 0 saturated carbocycles. The number of hydrogen-bond donors (Lipinski definition) is 2. The summed E-state index contributed by atoms with van der Waals surface area (Å²) >= 11 is 9.11. The van der Waals surface area contributed by atoms with Gasteiger partial charge in [0.25, 0.3) is 17.5 Å². The summed E-state index contributed by atoms with van der Waals surface area (Å²) in [5, 5.41) is 11.2. The standard InChI is InChI=1S/C16H13BrClN3O5/c1-9(26-14-6-5-11(18)8-13(14)17)15(22)19-20-16(23)10-3-2-4-12(7-10)21(24)25/h2-9H,1H3,(H,19,22)(H,20,23)/t9-/m0/s1. The number of carbonyl (C=O) groups excluding carboxylic acids is 2. The van der Waals surface area contributed by atoms with Crippen molar-refractivity contribution < 1.29 is 19.2 Å². The van der Waals surface area contributed by atoms with E-state index in [-0.39, 0.29) is 11.3 Å². The number of halogens is 2. The highest BCUT2D eigenvalue weighted by Gasteiger charge is 2.18. The number of nitrogens with zero attached hydrogens (tertiary/aromatic N) is 1. The van der Waals surface area contributed by atoms with E-state index >= 15 is 0 Å². The van der Waals surface area contributed by atoms with Gasteiger partial charge in [0.05, 0.1) is 9.40 Å². The van der Waals surface area contributed by atoms with Crippen LogP contribution in [0.25, 0.3) is 0 Å². The molecule has 0 aliphatic carbocycles. The van der Waals surface area contributed by atoms with E-state index in [0.717, 1.165) is 6.07 Å². The van der Waals surface area contributed by atoms with Crippen LogP contribution in [0.5, 0.6) is 5.75 Å². The summed E-state index contributed by atoms with van der Waals surface area (Å²) < 4.78 is 6.07. The molecule has 0 bridgehead atoms. The maximum atomic E-state index is 12.0. The Hall–Kier alpha value is -2.65. The monoisotopic (exact) mass is 441 g/mol. The Morgan fingerprint density at radius 3 is 2.62 bits per heavy atom. The summed E-state index contributed by atoms with van der Waals surface area (Å²) in [6, 6.07) is 9.94. The molecule has 0 aliphatic rings. The second-order valence-electron chi connectivity index (χ2n) is 5.09. The molecule has 1 atom stereocenters. The summed E-state index contributed by atoms with van der Waals surface area (Å²) in [4.78, 5) is 34.1. The lowest BCUT2D eigenvalue weighted by Gasteiger charge is -2.16. The van der Waals surface area contributed by atoms with Gasteiger partial charge in [-0.15, -0.1) is 0 Å². The molecule has 0 radical (unpaired) electrons. The highest BCUT2D eigenvalue weighted by Crippen LogP contribution is 2.28. The molecule has 0 fully saturated rings. The van der Waals surface area contributed by atoms with Crippen molar-refractivity contribution in [3.8, 4) is 5.75 Å². The highest BCUT2D eigenvalue weighted by atomic mass is 79.9. The first-order valence-electron chi connectivity index (χ1n) is 7.24. The third-order valence-corrected chi connectivity index (χ3v) is 4.04. The molecule has 2 N–H and O–H groups in total. The van der Waals surface area contributed by atoms with Gasteiger partial charge >= 0.3 is 0 Å². The Balaban J connectivity index is 1.94. The number of hydrogen-bond acceptors (Lipinski definition) is 5. The average Bonchev–Trinajstić information content (AvgIpc) is 2.61. The molecule has 2 aromatic carbocycles. The molecule has 2 aromatic rings. The van der Waals surface area contributed by atoms with Crippen LogP contribution in [0.1, 0.15) is 17.3 Å². The number of rotatable bonds is 5. The molecule has 10 heteroatoms. The van der Waals surface area contributed by atoms with Crippen LogP contribution < -0.4 is 15.6 Å². The molecule has 2 amide bonds. The topological polar surface area (TPSA) is 111 Å². The minimum atomic E-state index is -0.919. The van der Waals surface area contributed by atoms with Gasteiger partial charge in [0.2, 0.25) is 0 Å². The molecule has 0 heterocycles. The third kappa shape index (κ3) is 5.17. The van der Waals surface area contributed by atoms with Gasteiger partial charge in [0.15, 0.2) is 6.10 Å². The van der Waals surface area contributed by atoms with Gasteiger partial charge in [-0.3, -0.25) is 30.6 Å². The first kappa shape index (κ1) is 19.7. The first-order chi connectivity index (χ1) is 12.3. The number of amides is 2. The van der Waals surface area contributed by atoms with Crippen LogP contribution in [0.4, 0.5) is 5.69 Å². The Bertz CT molecular complexity index is 862. The SMILES string of the molecule is C[C@H](Oc1ccc(Cl)cc1Br)C(=O)NNC(=O)c1cccc([N+](=O)[O-])c1. The Labute approximate surface area is 161 Å². The van der Waals surface area contributed by atoms with Gasteiger partial charge in [-0.2, -0.15) is 0 Å². The molecule has 0 saturated heterocycles. The van der Waals surface area contributed by atoms with Crippen LogP contribution in [0.3, 0.4) is 0 Å². The predicted molar refractivity (Wildman–Crippen MR) is 97.9 cm³/mol. The quantitative estimate of drug-likeness (QED) is 0.545. The molecule has 26 heavy (non-hydrogen) atoms. The molecule has 0 aliphatic heterocycles. The number of carbonyl (C=O) groups is 2. The van der Waals surface area contributed by atoms with E-state index < -0.39 is 22.8 Å². The Morgan fingerprint density at radius 2 is 1.96 bits per heavy atom. The number of benzene rings is 2. The minimum Gasteiger partial charge on any atom is -0.480 e. The molecule has 0 spiro atoms. The number of non-ortho nitro benzene ring substituents is 1. The van der Waals surface area contributed by atoms with Crippen molar-refractivity contribution in [2.24, 2.45) is 0 Å². The van der Waals surface area contributed by atoms with Gasteiger partial charge < -0.3 is 4.74 Å². The largest absolute Gasteiger partial charge is 0.480 e. The predicted octanol–water partition coefficient (Wildman–Crippen LogP) is 3.24. The van der Waals surface area contributed by atoms with E-state index in [1.165, 1.54) is 25.1 Å². The lowest BCUT2D eigenvalue weighted by molar-refractivity contribution is -0.384. The van der Waals surface area contributed by atoms with E-state index in [2.05, 4.69) is 26.8 Å².